The van der Waals surface area contributed by atoms with Crippen molar-refractivity contribution in [1.29, 1.82) is 0 Å². The molecule has 2 rings (SSSR count). The zero-order valence-electron chi connectivity index (χ0n) is 14.3. The maximum atomic E-state index is 9.87. The van der Waals surface area contributed by atoms with Gasteiger partial charge in [-0.2, -0.15) is 0 Å². The van der Waals surface area contributed by atoms with Crippen molar-refractivity contribution in [3.05, 3.63) is 48.2 Å². The van der Waals surface area contributed by atoms with Crippen LogP contribution in [-0.2, 0) is 6.42 Å². The highest BCUT2D eigenvalue weighted by Crippen LogP contribution is 2.22. The van der Waals surface area contributed by atoms with Gasteiger partial charge < -0.3 is 5.11 Å². The normalized spacial score (nSPS) is 11.5. The molecule has 0 spiro atoms. The minimum atomic E-state index is 0.277. The standard InChI is InChI=1S/C21H29NO/c1-2-3-4-5-6-7-8-9-10-11-14-19-17-16-18-13-12-15-20(23)21(18)22-19/h5-6,12-13,15-17,23H,2-4,7-11,14H2,1H3. The van der Waals surface area contributed by atoms with E-state index in [4.69, 9.17) is 0 Å². The van der Waals surface area contributed by atoms with Gasteiger partial charge in [-0.15, -0.1) is 0 Å². The van der Waals surface area contributed by atoms with Crippen LogP contribution in [0.5, 0.6) is 5.75 Å². The summed E-state index contributed by atoms with van der Waals surface area (Å²) in [5.41, 5.74) is 1.81. The Morgan fingerprint density at radius 1 is 0.913 bits per heavy atom. The molecule has 1 N–H and O–H groups in total. The Hall–Kier alpha value is -1.83. The first-order valence-corrected chi connectivity index (χ1v) is 9.04. The summed E-state index contributed by atoms with van der Waals surface area (Å²) in [7, 11) is 0. The van der Waals surface area contributed by atoms with Crippen LogP contribution in [-0.4, -0.2) is 10.1 Å². The Labute approximate surface area is 140 Å². The molecule has 0 atom stereocenters. The van der Waals surface area contributed by atoms with Crippen molar-refractivity contribution in [3.63, 3.8) is 0 Å². The number of aromatic nitrogens is 1. The molecule has 0 unspecified atom stereocenters. The minimum Gasteiger partial charge on any atom is -0.506 e. The molecule has 23 heavy (non-hydrogen) atoms. The van der Waals surface area contributed by atoms with E-state index in [1.165, 1.54) is 51.4 Å². The van der Waals surface area contributed by atoms with Gasteiger partial charge >= 0.3 is 0 Å². The maximum Gasteiger partial charge on any atom is 0.141 e. The third-order valence-corrected chi connectivity index (χ3v) is 4.20. The van der Waals surface area contributed by atoms with Crippen molar-refractivity contribution in [1.82, 2.24) is 4.98 Å². The lowest BCUT2D eigenvalue weighted by Gasteiger charge is -2.04. The Balaban J connectivity index is 1.65. The Morgan fingerprint density at radius 3 is 2.52 bits per heavy atom. The van der Waals surface area contributed by atoms with Gasteiger partial charge in [0, 0.05) is 11.1 Å². The highest BCUT2D eigenvalue weighted by atomic mass is 16.3. The number of nitrogens with zero attached hydrogens (tertiary/aromatic N) is 1. The first kappa shape index (κ1) is 17.5. The molecule has 1 heterocycles. The molecule has 0 bridgehead atoms. The number of aromatic hydroxyl groups is 1. The zero-order valence-corrected chi connectivity index (χ0v) is 14.3. The van der Waals surface area contributed by atoms with Gasteiger partial charge in [0.25, 0.3) is 0 Å². The third-order valence-electron chi connectivity index (χ3n) is 4.20. The number of fused-ring (bicyclic) bond motifs is 1. The third kappa shape index (κ3) is 6.05. The molecule has 124 valence electrons. The Kier molecular flexibility index (Phi) is 7.65. The topological polar surface area (TPSA) is 33.1 Å². The van der Waals surface area contributed by atoms with Crippen molar-refractivity contribution >= 4 is 10.9 Å². The van der Waals surface area contributed by atoms with Gasteiger partial charge in [-0.1, -0.05) is 63.0 Å². The van der Waals surface area contributed by atoms with Gasteiger partial charge in [0.05, 0.1) is 0 Å². The summed E-state index contributed by atoms with van der Waals surface area (Å²) in [4.78, 5) is 4.59. The van der Waals surface area contributed by atoms with E-state index >= 15 is 0 Å². The lowest BCUT2D eigenvalue weighted by Crippen LogP contribution is -1.91. The van der Waals surface area contributed by atoms with Gasteiger partial charge in [0.2, 0.25) is 0 Å². The second kappa shape index (κ2) is 10.0. The minimum absolute atomic E-state index is 0.277. The number of para-hydroxylation sites is 1. The molecule has 2 heteroatoms. The molecule has 0 amide bonds. The molecule has 0 aliphatic carbocycles. The number of allylic oxidation sites excluding steroid dienone is 2. The molecule has 1 aromatic heterocycles. The fourth-order valence-corrected chi connectivity index (χ4v) is 2.79. The molecule has 0 fully saturated rings. The van der Waals surface area contributed by atoms with E-state index in [0.29, 0.717) is 0 Å². The molecule has 0 aliphatic heterocycles. The average Bonchev–Trinajstić information content (AvgIpc) is 2.57. The van der Waals surface area contributed by atoms with Crippen LogP contribution in [0, 0.1) is 0 Å². The van der Waals surface area contributed by atoms with Gasteiger partial charge in [0.1, 0.15) is 11.3 Å². The fraction of sp³-hybridized carbons (Fsp3) is 0.476. The smallest absolute Gasteiger partial charge is 0.141 e. The van der Waals surface area contributed by atoms with E-state index in [2.05, 4.69) is 36.2 Å². The molecule has 0 saturated heterocycles. The van der Waals surface area contributed by atoms with Crippen molar-refractivity contribution in [3.8, 4) is 5.75 Å². The molecule has 2 nitrogen and oxygen atoms in total. The summed E-state index contributed by atoms with van der Waals surface area (Å²) in [6.07, 6.45) is 15.7. The lowest BCUT2D eigenvalue weighted by atomic mass is 10.1. The van der Waals surface area contributed by atoms with Crippen LogP contribution in [0.4, 0.5) is 0 Å². The SMILES string of the molecule is CCCCC=CCCCCCCc1ccc2cccc(O)c2n1. The lowest BCUT2D eigenvalue weighted by molar-refractivity contribution is 0.480. The predicted octanol–water partition coefficient (Wildman–Crippen LogP) is 6.18. The molecule has 1 aromatic carbocycles. The number of aryl methyl sites for hydroxylation is 1. The molecule has 0 radical (unpaired) electrons. The predicted molar refractivity (Wildman–Crippen MR) is 98.9 cm³/mol. The van der Waals surface area contributed by atoms with E-state index in [0.717, 1.165) is 23.0 Å². The van der Waals surface area contributed by atoms with Crippen molar-refractivity contribution in [2.45, 2.75) is 64.7 Å². The number of hydrogen-bond donors (Lipinski definition) is 1. The van der Waals surface area contributed by atoms with Crippen molar-refractivity contribution in [2.24, 2.45) is 0 Å². The van der Waals surface area contributed by atoms with Crippen molar-refractivity contribution in [2.75, 3.05) is 0 Å². The molecule has 0 saturated carbocycles. The van der Waals surface area contributed by atoms with Gasteiger partial charge in [-0.05, 0) is 44.2 Å². The number of benzene rings is 1. The number of phenols is 1. The van der Waals surface area contributed by atoms with E-state index < -0.39 is 0 Å². The van der Waals surface area contributed by atoms with E-state index in [1.54, 1.807) is 6.07 Å². The number of hydrogen-bond acceptors (Lipinski definition) is 2. The average molecular weight is 311 g/mol. The molecular weight excluding hydrogens is 282 g/mol. The summed E-state index contributed by atoms with van der Waals surface area (Å²) in [6.45, 7) is 2.24. The first-order chi connectivity index (χ1) is 11.3. The van der Waals surface area contributed by atoms with Crippen LogP contribution in [0.3, 0.4) is 0 Å². The number of pyridine rings is 1. The van der Waals surface area contributed by atoms with E-state index in [1.807, 2.05) is 12.1 Å². The van der Waals surface area contributed by atoms with Crippen LogP contribution >= 0.6 is 0 Å². The van der Waals surface area contributed by atoms with Crippen LogP contribution in [0.25, 0.3) is 10.9 Å². The quantitative estimate of drug-likeness (QED) is 0.420. The van der Waals surface area contributed by atoms with Crippen LogP contribution < -0.4 is 0 Å². The fourth-order valence-electron chi connectivity index (χ4n) is 2.79. The Bertz CT molecular complexity index is 618. The second-order valence-electron chi connectivity index (χ2n) is 6.22. The summed E-state index contributed by atoms with van der Waals surface area (Å²) in [5.74, 6) is 0.277. The second-order valence-corrected chi connectivity index (χ2v) is 6.22. The molecular formula is C21H29NO. The van der Waals surface area contributed by atoms with Crippen LogP contribution in [0.15, 0.2) is 42.5 Å². The van der Waals surface area contributed by atoms with Gasteiger partial charge in [-0.25, -0.2) is 4.98 Å². The highest BCUT2D eigenvalue weighted by Gasteiger charge is 2.02. The monoisotopic (exact) mass is 311 g/mol. The van der Waals surface area contributed by atoms with Crippen molar-refractivity contribution < 1.29 is 5.11 Å². The Morgan fingerprint density at radius 2 is 1.70 bits per heavy atom. The van der Waals surface area contributed by atoms with E-state index in [9.17, 15) is 5.11 Å². The highest BCUT2D eigenvalue weighted by molar-refractivity contribution is 5.84. The largest absolute Gasteiger partial charge is 0.506 e. The van der Waals surface area contributed by atoms with Gasteiger partial charge in [0.15, 0.2) is 0 Å². The summed E-state index contributed by atoms with van der Waals surface area (Å²) in [5, 5.41) is 10.9. The number of unbranched alkanes of at least 4 members (excludes halogenated alkanes) is 6. The summed E-state index contributed by atoms with van der Waals surface area (Å²) in [6, 6.07) is 9.68. The number of rotatable bonds is 10. The maximum absolute atomic E-state index is 9.87. The van der Waals surface area contributed by atoms with Crippen LogP contribution in [0.1, 0.15) is 64.0 Å². The summed E-state index contributed by atoms with van der Waals surface area (Å²) >= 11 is 0. The van der Waals surface area contributed by atoms with E-state index in [-0.39, 0.29) is 5.75 Å². The van der Waals surface area contributed by atoms with Gasteiger partial charge in [-0.3, -0.25) is 0 Å². The van der Waals surface area contributed by atoms with Crippen LogP contribution in [0.2, 0.25) is 0 Å². The first-order valence-electron chi connectivity index (χ1n) is 9.04. The number of phenolic OH excluding ortho intramolecular Hbond substituents is 1. The summed E-state index contributed by atoms with van der Waals surface area (Å²) < 4.78 is 0. The molecule has 0 aliphatic rings. The zero-order chi connectivity index (χ0) is 16.3. The molecule has 2 aromatic rings.